The Balaban J connectivity index is 3.19. The van der Waals surface area contributed by atoms with Crippen molar-refractivity contribution in [3.63, 3.8) is 0 Å². The van der Waals surface area contributed by atoms with E-state index in [2.05, 4.69) is 0 Å². The molecule has 0 aromatic heterocycles. The van der Waals surface area contributed by atoms with Crippen LogP contribution in [0.15, 0.2) is 12.1 Å². The fraction of sp³-hybridized carbons (Fsp3) is 0.333. The van der Waals surface area contributed by atoms with Crippen molar-refractivity contribution in [2.75, 3.05) is 7.11 Å². The van der Waals surface area contributed by atoms with Gasteiger partial charge in [0.05, 0.1) is 7.11 Å². The second kappa shape index (κ2) is 3.54. The molecule has 0 radical (unpaired) electrons. The molecule has 0 saturated carbocycles. The molecule has 0 spiro atoms. The van der Waals surface area contributed by atoms with Gasteiger partial charge in [-0.1, -0.05) is 0 Å². The highest BCUT2D eigenvalue weighted by atomic mass is 19.1. The van der Waals surface area contributed by atoms with Crippen LogP contribution in [0.4, 0.5) is 4.39 Å². The number of ether oxygens (including phenoxy) is 1. The summed E-state index contributed by atoms with van der Waals surface area (Å²) in [5, 5.41) is 0. The number of benzene rings is 1. The Kier molecular flexibility index (Phi) is 2.65. The summed E-state index contributed by atoms with van der Waals surface area (Å²) < 4.78 is 18.1. The maximum atomic E-state index is 13.1. The molecule has 1 rings (SSSR count). The highest BCUT2D eigenvalue weighted by Crippen LogP contribution is 2.22. The zero-order valence-electron chi connectivity index (χ0n) is 7.23. The Morgan fingerprint density at radius 3 is 2.67 bits per heavy atom. The maximum Gasteiger partial charge on any atom is 0.130 e. The number of nitrogens with two attached hydrogens (primary N) is 1. The molecular weight excluding hydrogens is 157 g/mol. The predicted molar refractivity (Wildman–Crippen MR) is 45.6 cm³/mol. The average Bonchev–Trinajstić information content (AvgIpc) is 2.09. The van der Waals surface area contributed by atoms with E-state index in [4.69, 9.17) is 10.5 Å². The van der Waals surface area contributed by atoms with Crippen molar-refractivity contribution in [2.45, 2.75) is 13.5 Å². The quantitative estimate of drug-likeness (QED) is 0.729. The van der Waals surface area contributed by atoms with Crippen molar-refractivity contribution in [2.24, 2.45) is 5.73 Å². The van der Waals surface area contributed by atoms with Crippen molar-refractivity contribution in [1.82, 2.24) is 0 Å². The summed E-state index contributed by atoms with van der Waals surface area (Å²) in [7, 11) is 1.52. The van der Waals surface area contributed by atoms with Crippen molar-refractivity contribution >= 4 is 0 Å². The van der Waals surface area contributed by atoms with Gasteiger partial charge in [0.25, 0.3) is 0 Å². The molecule has 12 heavy (non-hydrogen) atoms. The van der Waals surface area contributed by atoms with Crippen LogP contribution < -0.4 is 10.5 Å². The van der Waals surface area contributed by atoms with Gasteiger partial charge in [0.2, 0.25) is 0 Å². The number of halogens is 1. The van der Waals surface area contributed by atoms with E-state index in [1.807, 2.05) is 0 Å². The molecule has 0 atom stereocenters. The van der Waals surface area contributed by atoms with Gasteiger partial charge in [-0.25, -0.2) is 4.39 Å². The molecule has 0 heterocycles. The van der Waals surface area contributed by atoms with Gasteiger partial charge in [-0.2, -0.15) is 0 Å². The summed E-state index contributed by atoms with van der Waals surface area (Å²) in [5.41, 5.74) is 6.64. The van der Waals surface area contributed by atoms with Crippen molar-refractivity contribution in [1.29, 1.82) is 0 Å². The van der Waals surface area contributed by atoms with Crippen molar-refractivity contribution in [3.05, 3.63) is 29.1 Å². The fourth-order valence-corrected chi connectivity index (χ4v) is 1.04. The molecule has 0 bridgehead atoms. The Labute approximate surface area is 71.1 Å². The summed E-state index contributed by atoms with van der Waals surface area (Å²) in [6.07, 6.45) is 0. The van der Waals surface area contributed by atoms with E-state index >= 15 is 0 Å². The van der Waals surface area contributed by atoms with Gasteiger partial charge in [0.1, 0.15) is 11.6 Å². The van der Waals surface area contributed by atoms with Crippen LogP contribution in [0.1, 0.15) is 11.1 Å². The second-order valence-corrected chi connectivity index (χ2v) is 2.61. The smallest absolute Gasteiger partial charge is 0.130 e. The molecule has 2 nitrogen and oxygen atoms in total. The maximum absolute atomic E-state index is 13.1. The highest BCUT2D eigenvalue weighted by molar-refractivity contribution is 5.37. The van der Waals surface area contributed by atoms with Gasteiger partial charge >= 0.3 is 0 Å². The van der Waals surface area contributed by atoms with Crippen LogP contribution >= 0.6 is 0 Å². The first-order valence-corrected chi connectivity index (χ1v) is 3.72. The molecule has 1 aromatic rings. The lowest BCUT2D eigenvalue weighted by Crippen LogP contribution is -1.99. The Hall–Kier alpha value is -1.09. The van der Waals surface area contributed by atoms with E-state index < -0.39 is 0 Å². The standard InChI is InChI=1S/C9H12FNO/c1-6-8(10)3-7(5-11)4-9(6)12-2/h3-4H,5,11H2,1-2H3. The van der Waals surface area contributed by atoms with Gasteiger partial charge in [-0.15, -0.1) is 0 Å². The van der Waals surface area contributed by atoms with Gasteiger partial charge in [-0.3, -0.25) is 0 Å². The number of methoxy groups -OCH3 is 1. The first-order chi connectivity index (χ1) is 5.69. The summed E-state index contributed by atoms with van der Waals surface area (Å²) >= 11 is 0. The minimum absolute atomic E-state index is 0.269. The zero-order valence-corrected chi connectivity index (χ0v) is 7.23. The first-order valence-electron chi connectivity index (χ1n) is 3.72. The van der Waals surface area contributed by atoms with Crippen LogP contribution in [0.25, 0.3) is 0 Å². The largest absolute Gasteiger partial charge is 0.496 e. The van der Waals surface area contributed by atoms with Crippen LogP contribution in [0.5, 0.6) is 5.75 Å². The lowest BCUT2D eigenvalue weighted by Gasteiger charge is -2.07. The number of rotatable bonds is 2. The topological polar surface area (TPSA) is 35.2 Å². The third kappa shape index (κ3) is 1.56. The first kappa shape index (κ1) is 9.00. The van der Waals surface area contributed by atoms with Crippen LogP contribution in [0.2, 0.25) is 0 Å². The molecule has 1 aromatic carbocycles. The molecule has 0 fully saturated rings. The van der Waals surface area contributed by atoms with E-state index in [-0.39, 0.29) is 5.82 Å². The van der Waals surface area contributed by atoms with E-state index in [1.165, 1.54) is 13.2 Å². The van der Waals surface area contributed by atoms with E-state index in [9.17, 15) is 4.39 Å². The molecule has 0 amide bonds. The van der Waals surface area contributed by atoms with Gasteiger partial charge in [0.15, 0.2) is 0 Å². The highest BCUT2D eigenvalue weighted by Gasteiger charge is 2.05. The molecule has 0 unspecified atom stereocenters. The lowest BCUT2D eigenvalue weighted by atomic mass is 10.1. The Morgan fingerprint density at radius 2 is 2.17 bits per heavy atom. The second-order valence-electron chi connectivity index (χ2n) is 2.61. The van der Waals surface area contributed by atoms with Crippen LogP contribution in [0.3, 0.4) is 0 Å². The summed E-state index contributed by atoms with van der Waals surface area (Å²) in [6, 6.07) is 3.18. The molecule has 0 saturated heterocycles. The minimum Gasteiger partial charge on any atom is -0.496 e. The molecule has 0 aliphatic carbocycles. The average molecular weight is 169 g/mol. The minimum atomic E-state index is -0.269. The molecule has 0 aliphatic heterocycles. The third-order valence-electron chi connectivity index (χ3n) is 1.81. The molecule has 2 N–H and O–H groups in total. The lowest BCUT2D eigenvalue weighted by molar-refractivity contribution is 0.406. The van der Waals surface area contributed by atoms with Gasteiger partial charge < -0.3 is 10.5 Å². The van der Waals surface area contributed by atoms with Crippen LogP contribution in [-0.2, 0) is 6.54 Å². The molecule has 66 valence electrons. The van der Waals surface area contributed by atoms with E-state index in [1.54, 1.807) is 13.0 Å². The molecule has 0 aliphatic rings. The summed E-state index contributed by atoms with van der Waals surface area (Å²) in [4.78, 5) is 0. The summed E-state index contributed by atoms with van der Waals surface area (Å²) in [6.45, 7) is 2.00. The number of hydrogen-bond donors (Lipinski definition) is 1. The van der Waals surface area contributed by atoms with E-state index in [0.717, 1.165) is 5.56 Å². The van der Waals surface area contributed by atoms with Crippen molar-refractivity contribution < 1.29 is 9.13 Å². The Morgan fingerprint density at radius 1 is 1.50 bits per heavy atom. The molecule has 3 heteroatoms. The van der Waals surface area contributed by atoms with E-state index in [0.29, 0.717) is 17.9 Å². The molecular formula is C9H12FNO. The zero-order chi connectivity index (χ0) is 9.14. The van der Waals surface area contributed by atoms with Gasteiger partial charge in [0, 0.05) is 12.1 Å². The van der Waals surface area contributed by atoms with Crippen molar-refractivity contribution in [3.8, 4) is 5.75 Å². The predicted octanol–water partition coefficient (Wildman–Crippen LogP) is 1.60. The monoisotopic (exact) mass is 169 g/mol. The van der Waals surface area contributed by atoms with Crippen LogP contribution in [0, 0.1) is 12.7 Å². The normalized spacial score (nSPS) is 10.0. The van der Waals surface area contributed by atoms with Gasteiger partial charge in [-0.05, 0) is 24.6 Å². The SMILES string of the molecule is COc1cc(CN)cc(F)c1C. The van der Waals surface area contributed by atoms with Crippen LogP contribution in [-0.4, -0.2) is 7.11 Å². The fourth-order valence-electron chi connectivity index (χ4n) is 1.04. The summed E-state index contributed by atoms with van der Waals surface area (Å²) in [5.74, 6) is 0.283. The number of hydrogen-bond acceptors (Lipinski definition) is 2. The third-order valence-corrected chi connectivity index (χ3v) is 1.81. The Bertz CT molecular complexity index is 286.